The van der Waals surface area contributed by atoms with Crippen molar-refractivity contribution in [3.05, 3.63) is 42.5 Å². The maximum Gasteiger partial charge on any atom is 0.343 e. The molecule has 1 aliphatic carbocycles. The van der Waals surface area contributed by atoms with E-state index in [4.69, 9.17) is 9.47 Å². The molecule has 160 valence electrons. The van der Waals surface area contributed by atoms with Gasteiger partial charge in [-0.25, -0.2) is 14.8 Å². The van der Waals surface area contributed by atoms with E-state index >= 15 is 0 Å². The second kappa shape index (κ2) is 9.69. The highest BCUT2D eigenvalue weighted by Crippen LogP contribution is 2.34. The highest BCUT2D eigenvalue weighted by atomic mass is 16.6. The van der Waals surface area contributed by atoms with Gasteiger partial charge in [-0.05, 0) is 42.9 Å². The number of carbonyl (C=O) groups excluding carboxylic acids is 1. The number of carbonyl (C=O) groups is 1. The third-order valence-electron chi connectivity index (χ3n) is 6.37. The average Bonchev–Trinajstić information content (AvgIpc) is 3.55. The van der Waals surface area contributed by atoms with Gasteiger partial charge in [0.2, 0.25) is 0 Å². The molecule has 2 aliphatic rings. The monoisotopic (exact) mass is 408 g/mol. The van der Waals surface area contributed by atoms with Gasteiger partial charge in [0.1, 0.15) is 11.6 Å². The van der Waals surface area contributed by atoms with Gasteiger partial charge in [0.25, 0.3) is 0 Å². The molecule has 5 heteroatoms. The minimum Gasteiger partial charge on any atom is -0.425 e. The summed E-state index contributed by atoms with van der Waals surface area (Å²) in [6.45, 7) is 4.49. The van der Waals surface area contributed by atoms with Crippen molar-refractivity contribution in [3.63, 3.8) is 0 Å². The highest BCUT2D eigenvalue weighted by Gasteiger charge is 2.45. The van der Waals surface area contributed by atoms with Crippen LogP contribution < -0.4 is 4.74 Å². The molecule has 2 atom stereocenters. The van der Waals surface area contributed by atoms with Gasteiger partial charge in [-0.2, -0.15) is 0 Å². The van der Waals surface area contributed by atoms with E-state index in [1.807, 2.05) is 36.7 Å². The predicted octanol–water partition coefficient (Wildman–Crippen LogP) is 5.69. The maximum atomic E-state index is 12.2. The smallest absolute Gasteiger partial charge is 0.343 e. The van der Waals surface area contributed by atoms with Crippen molar-refractivity contribution >= 4 is 5.97 Å². The van der Waals surface area contributed by atoms with Gasteiger partial charge in [0.05, 0.1) is 6.10 Å². The zero-order valence-electron chi connectivity index (χ0n) is 18.0. The molecule has 5 nitrogen and oxygen atoms in total. The number of nitrogens with zero attached hydrogens (tertiary/aromatic N) is 2. The fourth-order valence-corrected chi connectivity index (χ4v) is 4.27. The minimum atomic E-state index is -0.398. The lowest BCUT2D eigenvalue weighted by atomic mass is 9.82. The van der Waals surface area contributed by atoms with Crippen LogP contribution in [0.25, 0.3) is 11.1 Å². The maximum absolute atomic E-state index is 12.2. The summed E-state index contributed by atoms with van der Waals surface area (Å²) in [5.41, 5.74) is 1.99. The van der Waals surface area contributed by atoms with Crippen LogP contribution in [0.15, 0.2) is 36.7 Å². The van der Waals surface area contributed by atoms with Crippen molar-refractivity contribution in [1.29, 1.82) is 0 Å². The molecule has 1 aliphatic heterocycles. The number of benzene rings is 1. The molecule has 1 saturated carbocycles. The Balaban J connectivity index is 1.30. The quantitative estimate of drug-likeness (QED) is 0.243. The largest absolute Gasteiger partial charge is 0.425 e. The van der Waals surface area contributed by atoms with Crippen LogP contribution in [0.3, 0.4) is 0 Å². The fourth-order valence-electron chi connectivity index (χ4n) is 4.27. The topological polar surface area (TPSA) is 64.6 Å². The molecule has 0 unspecified atom stereocenters. The summed E-state index contributed by atoms with van der Waals surface area (Å²) in [6, 6.07) is 7.52. The van der Waals surface area contributed by atoms with Crippen LogP contribution in [0, 0.1) is 5.92 Å². The summed E-state index contributed by atoms with van der Waals surface area (Å²) in [7, 11) is 0. The predicted molar refractivity (Wildman–Crippen MR) is 116 cm³/mol. The number of unbranched alkanes of at least 4 members (excludes halogenated alkanes) is 2. The summed E-state index contributed by atoms with van der Waals surface area (Å²) in [4.78, 5) is 21.5. The van der Waals surface area contributed by atoms with Gasteiger partial charge in [-0.1, -0.05) is 58.1 Å². The summed E-state index contributed by atoms with van der Waals surface area (Å²) >= 11 is 0. The Morgan fingerprint density at radius 1 is 1.03 bits per heavy atom. The molecule has 2 fully saturated rings. The summed E-state index contributed by atoms with van der Waals surface area (Å²) in [5, 5.41) is 0. The third-order valence-corrected chi connectivity index (χ3v) is 6.37. The van der Waals surface area contributed by atoms with Gasteiger partial charge in [-0.3, -0.25) is 0 Å². The number of aromatic nitrogens is 2. The summed E-state index contributed by atoms with van der Waals surface area (Å²) in [6.07, 6.45) is 12.7. The van der Waals surface area contributed by atoms with Crippen molar-refractivity contribution in [1.82, 2.24) is 9.97 Å². The van der Waals surface area contributed by atoms with E-state index in [0.717, 1.165) is 35.7 Å². The van der Waals surface area contributed by atoms with Crippen molar-refractivity contribution < 1.29 is 14.3 Å². The van der Waals surface area contributed by atoms with Gasteiger partial charge < -0.3 is 9.47 Å². The van der Waals surface area contributed by atoms with Crippen LogP contribution >= 0.6 is 0 Å². The number of esters is 1. The van der Waals surface area contributed by atoms with Gasteiger partial charge in [0.15, 0.2) is 6.10 Å². The van der Waals surface area contributed by atoms with Crippen LogP contribution in [-0.2, 0) is 9.53 Å². The summed E-state index contributed by atoms with van der Waals surface area (Å²) < 4.78 is 10.9. The molecule has 0 amide bonds. The molecule has 2 aromatic rings. The molecule has 1 aromatic carbocycles. The van der Waals surface area contributed by atoms with Crippen LogP contribution in [0.4, 0.5) is 0 Å². The third kappa shape index (κ3) is 5.25. The van der Waals surface area contributed by atoms with Gasteiger partial charge in [0, 0.05) is 23.9 Å². The minimum absolute atomic E-state index is 0.0337. The van der Waals surface area contributed by atoms with Crippen LogP contribution in [0.2, 0.25) is 0 Å². The Morgan fingerprint density at radius 3 is 2.40 bits per heavy atom. The van der Waals surface area contributed by atoms with E-state index in [2.05, 4.69) is 23.8 Å². The first-order valence-corrected chi connectivity index (χ1v) is 11.4. The molecular weight excluding hydrogens is 376 g/mol. The molecule has 30 heavy (non-hydrogen) atoms. The zero-order valence-corrected chi connectivity index (χ0v) is 18.0. The van der Waals surface area contributed by atoms with Crippen LogP contribution in [-0.4, -0.2) is 28.1 Å². The van der Waals surface area contributed by atoms with Crippen molar-refractivity contribution in [3.8, 4) is 16.9 Å². The van der Waals surface area contributed by atoms with Crippen LogP contribution in [0.1, 0.15) is 77.0 Å². The fraction of sp³-hybridized carbons (Fsp3) is 0.560. The molecule has 1 aromatic heterocycles. The number of rotatable bonds is 8. The normalized spacial score (nSPS) is 25.7. The first kappa shape index (κ1) is 21.0. The van der Waals surface area contributed by atoms with Crippen molar-refractivity contribution in [2.45, 2.75) is 83.3 Å². The Morgan fingerprint density at radius 2 is 1.73 bits per heavy atom. The molecule has 0 radical (unpaired) electrons. The molecular formula is C25H32N2O3. The zero-order chi connectivity index (χ0) is 20.9. The van der Waals surface area contributed by atoms with Crippen molar-refractivity contribution in [2.75, 3.05) is 0 Å². The number of hydrogen-bond acceptors (Lipinski definition) is 5. The lowest BCUT2D eigenvalue weighted by molar-refractivity contribution is -0.135. The highest BCUT2D eigenvalue weighted by molar-refractivity contribution is 5.80. The van der Waals surface area contributed by atoms with Crippen molar-refractivity contribution in [2.24, 2.45) is 5.92 Å². The van der Waals surface area contributed by atoms with E-state index in [0.29, 0.717) is 11.7 Å². The van der Waals surface area contributed by atoms with Gasteiger partial charge >= 0.3 is 5.97 Å². The molecule has 0 spiro atoms. The first-order valence-electron chi connectivity index (χ1n) is 11.4. The van der Waals surface area contributed by atoms with E-state index in [9.17, 15) is 4.79 Å². The average molecular weight is 409 g/mol. The summed E-state index contributed by atoms with van der Waals surface area (Å²) in [5.74, 6) is 2.53. The first-order chi connectivity index (χ1) is 14.6. The second-order valence-electron chi connectivity index (χ2n) is 8.82. The van der Waals surface area contributed by atoms with Gasteiger partial charge in [-0.15, -0.1) is 0 Å². The van der Waals surface area contributed by atoms with E-state index in [-0.39, 0.29) is 12.1 Å². The van der Waals surface area contributed by atoms with Crippen LogP contribution in [0.5, 0.6) is 5.75 Å². The number of hydrogen-bond donors (Lipinski definition) is 0. The van der Waals surface area contributed by atoms with E-state index in [1.165, 1.54) is 38.5 Å². The SMILES string of the molecule is CCCCC[C@@H]1O[C@@H]1C(=O)Oc1ccc(-c2cnc(C3CCC(C)CC3)nc2)cc1. The molecule has 2 heterocycles. The second-order valence-corrected chi connectivity index (χ2v) is 8.82. The lowest BCUT2D eigenvalue weighted by Crippen LogP contribution is -2.17. The Kier molecular flexibility index (Phi) is 6.78. The Labute approximate surface area is 179 Å². The standard InChI is InChI=1S/C25H32N2O3/c1-3-4-5-6-22-23(30-22)25(28)29-21-13-11-18(12-14-21)20-15-26-24(27-16-20)19-9-7-17(2)8-10-19/h11-17,19,22-23H,3-10H2,1-2H3/t17?,19?,22-,23-/m0/s1. The molecule has 0 N–H and O–H groups in total. The molecule has 0 bridgehead atoms. The lowest BCUT2D eigenvalue weighted by Gasteiger charge is -2.24. The number of ether oxygens (including phenoxy) is 2. The Hall–Kier alpha value is -2.27. The molecule has 1 saturated heterocycles. The van der Waals surface area contributed by atoms with E-state index in [1.54, 1.807) is 0 Å². The molecule has 4 rings (SSSR count). The number of epoxide rings is 1. The van der Waals surface area contributed by atoms with E-state index < -0.39 is 6.10 Å². The Bertz CT molecular complexity index is 826.